The van der Waals surface area contributed by atoms with Crippen molar-refractivity contribution in [2.45, 2.75) is 61.4 Å². The highest BCUT2D eigenvalue weighted by Gasteiger charge is 2.51. The van der Waals surface area contributed by atoms with Gasteiger partial charge in [0.1, 0.15) is 65.2 Å². The molecule has 2 aliphatic rings. The fourth-order valence-corrected chi connectivity index (χ4v) is 5.14. The van der Waals surface area contributed by atoms with Crippen molar-refractivity contribution >= 4 is 11.0 Å². The average molecular weight is 641 g/mol. The van der Waals surface area contributed by atoms with Crippen LogP contribution in [-0.2, 0) is 14.2 Å². The van der Waals surface area contributed by atoms with Crippen LogP contribution < -0.4 is 14.9 Å². The third-order valence-electron chi connectivity index (χ3n) is 7.56. The highest BCUT2D eigenvalue weighted by Crippen LogP contribution is 2.40. The van der Waals surface area contributed by atoms with Gasteiger partial charge in [-0.1, -0.05) is 0 Å². The molecule has 17 nitrogen and oxygen atoms in total. The number of aliphatic hydroxyl groups is 7. The average Bonchev–Trinajstić information content (AvgIpc) is 3.01. The van der Waals surface area contributed by atoms with E-state index in [1.807, 2.05) is 0 Å². The van der Waals surface area contributed by atoms with Gasteiger partial charge in [0.2, 0.25) is 17.5 Å². The summed E-state index contributed by atoms with van der Waals surface area (Å²) in [5.74, 6) is -2.54. The number of hydrogen-bond donors (Lipinski definition) is 10. The SMILES string of the molecule is COc1ccc(-c2oc3cc(O)cc(O)c3c(=O)c2O[C@@H]2O[C@H](CO)[C@@H](O)[C@H](O)[C@H]2O[C@@H]2O[C@H](CO)[C@@H](O)[C@H](O)[C@H]2O)cc1O. The summed E-state index contributed by atoms with van der Waals surface area (Å²) in [5, 5.41) is 102. The first-order chi connectivity index (χ1) is 21.4. The van der Waals surface area contributed by atoms with Crippen molar-refractivity contribution in [1.82, 2.24) is 0 Å². The van der Waals surface area contributed by atoms with Crippen molar-refractivity contribution in [3.63, 3.8) is 0 Å². The molecule has 3 aromatic rings. The summed E-state index contributed by atoms with van der Waals surface area (Å²) in [6, 6.07) is 5.76. The molecule has 2 saturated heterocycles. The van der Waals surface area contributed by atoms with E-state index in [0.29, 0.717) is 0 Å². The Morgan fingerprint density at radius 1 is 0.778 bits per heavy atom. The first kappa shape index (κ1) is 32.6. The number of hydrogen-bond acceptors (Lipinski definition) is 17. The molecule has 10 N–H and O–H groups in total. The number of methoxy groups -OCH3 is 1. The zero-order chi connectivity index (χ0) is 32.7. The van der Waals surface area contributed by atoms with Crippen LogP contribution in [0.1, 0.15) is 0 Å². The van der Waals surface area contributed by atoms with Crippen LogP contribution >= 0.6 is 0 Å². The minimum Gasteiger partial charge on any atom is -0.508 e. The van der Waals surface area contributed by atoms with E-state index in [0.717, 1.165) is 18.2 Å². The van der Waals surface area contributed by atoms with Gasteiger partial charge >= 0.3 is 0 Å². The molecule has 2 aromatic carbocycles. The number of rotatable bonds is 8. The topological polar surface area (TPSA) is 279 Å². The van der Waals surface area contributed by atoms with Gasteiger partial charge in [-0.3, -0.25) is 4.79 Å². The molecule has 0 bridgehead atoms. The molecule has 0 unspecified atom stereocenters. The van der Waals surface area contributed by atoms with Crippen molar-refractivity contribution < 1.29 is 79.2 Å². The maximum atomic E-state index is 13.8. The van der Waals surface area contributed by atoms with Gasteiger partial charge in [-0.05, 0) is 18.2 Å². The Hall–Kier alpha value is -3.75. The third-order valence-corrected chi connectivity index (χ3v) is 7.56. The van der Waals surface area contributed by atoms with Crippen LogP contribution in [0, 0.1) is 0 Å². The lowest BCUT2D eigenvalue weighted by Gasteiger charge is -2.45. The first-order valence-electron chi connectivity index (χ1n) is 13.5. The van der Waals surface area contributed by atoms with E-state index >= 15 is 0 Å². The van der Waals surface area contributed by atoms with Gasteiger partial charge in [-0.2, -0.15) is 0 Å². The molecular formula is C28H32O17. The van der Waals surface area contributed by atoms with Crippen molar-refractivity contribution in [2.75, 3.05) is 20.3 Å². The Morgan fingerprint density at radius 3 is 2.04 bits per heavy atom. The van der Waals surface area contributed by atoms with Crippen LogP contribution in [0.3, 0.4) is 0 Å². The number of ether oxygens (including phenoxy) is 5. The maximum Gasteiger partial charge on any atom is 0.239 e. The van der Waals surface area contributed by atoms with E-state index in [4.69, 9.17) is 28.1 Å². The van der Waals surface area contributed by atoms with Crippen LogP contribution in [-0.4, -0.2) is 133 Å². The second-order valence-corrected chi connectivity index (χ2v) is 10.4. The second kappa shape index (κ2) is 12.9. The second-order valence-electron chi connectivity index (χ2n) is 10.4. The van der Waals surface area contributed by atoms with Gasteiger partial charge in [0.25, 0.3) is 0 Å². The molecule has 0 spiro atoms. The quantitative estimate of drug-likeness (QED) is 0.123. The molecule has 17 heteroatoms. The highest BCUT2D eigenvalue weighted by molar-refractivity contribution is 5.88. The number of phenols is 3. The van der Waals surface area contributed by atoms with Crippen LogP contribution in [0.25, 0.3) is 22.3 Å². The van der Waals surface area contributed by atoms with Crippen molar-refractivity contribution in [3.8, 4) is 40.1 Å². The van der Waals surface area contributed by atoms with Gasteiger partial charge in [-0.25, -0.2) is 0 Å². The highest BCUT2D eigenvalue weighted by atomic mass is 16.8. The van der Waals surface area contributed by atoms with E-state index in [1.54, 1.807) is 0 Å². The predicted molar refractivity (Wildman–Crippen MR) is 146 cm³/mol. The van der Waals surface area contributed by atoms with Gasteiger partial charge in [0.05, 0.1) is 20.3 Å². The molecule has 1 aromatic heterocycles. The molecule has 10 atom stereocenters. The number of aliphatic hydroxyl groups excluding tert-OH is 7. The Kier molecular flexibility index (Phi) is 9.38. The minimum absolute atomic E-state index is 0.0200. The Labute approximate surface area is 252 Å². The molecule has 0 aliphatic carbocycles. The standard InChI is InChI=1S/C28H32O17/c1-40-13-3-2-9(4-11(13)32)24-25(20(36)17-12(33)5-10(31)6-14(17)41-24)44-28-26(22(38)19(35)16(8-30)43-28)45-27-23(39)21(37)18(34)15(7-29)42-27/h2-6,15-16,18-19,21-23,26-35,37-39H,7-8H2,1H3/t15-,16-,18-,19-,21+,22+,23-,26-,27+,28+/m1/s1. The predicted octanol–water partition coefficient (Wildman–Crippen LogP) is -2.41. The largest absolute Gasteiger partial charge is 0.508 e. The van der Waals surface area contributed by atoms with Gasteiger partial charge in [0, 0.05) is 17.7 Å². The number of benzene rings is 2. The Morgan fingerprint density at radius 2 is 1.42 bits per heavy atom. The van der Waals surface area contributed by atoms with Crippen LogP contribution in [0.2, 0.25) is 0 Å². The van der Waals surface area contributed by atoms with Crippen LogP contribution in [0.15, 0.2) is 39.5 Å². The van der Waals surface area contributed by atoms with Crippen LogP contribution in [0.4, 0.5) is 0 Å². The van der Waals surface area contributed by atoms with E-state index in [2.05, 4.69) is 0 Å². The Balaban J connectivity index is 1.62. The normalized spacial score (nSPS) is 32.0. The summed E-state index contributed by atoms with van der Waals surface area (Å²) in [7, 11) is 1.30. The van der Waals surface area contributed by atoms with Gasteiger partial charge in [0.15, 0.2) is 29.7 Å². The van der Waals surface area contributed by atoms with E-state index in [9.17, 15) is 55.9 Å². The lowest BCUT2D eigenvalue weighted by Crippen LogP contribution is -2.65. The molecule has 0 radical (unpaired) electrons. The number of phenolic OH excluding ortho intramolecular Hbond substituents is 3. The number of aromatic hydroxyl groups is 3. The molecule has 0 amide bonds. The van der Waals surface area contributed by atoms with Crippen molar-refractivity contribution in [1.29, 1.82) is 0 Å². The molecule has 2 aliphatic heterocycles. The van der Waals surface area contributed by atoms with Crippen LogP contribution in [0.5, 0.6) is 28.7 Å². The van der Waals surface area contributed by atoms with E-state index in [1.165, 1.54) is 19.2 Å². The van der Waals surface area contributed by atoms with Crippen molar-refractivity contribution in [2.24, 2.45) is 0 Å². The van der Waals surface area contributed by atoms with E-state index in [-0.39, 0.29) is 28.4 Å². The fourth-order valence-electron chi connectivity index (χ4n) is 5.14. The summed E-state index contributed by atoms with van der Waals surface area (Å²) in [4.78, 5) is 13.8. The summed E-state index contributed by atoms with van der Waals surface area (Å²) in [5.41, 5.74) is -1.31. The summed E-state index contributed by atoms with van der Waals surface area (Å²) in [6.45, 7) is -1.66. The molecule has 5 rings (SSSR count). The zero-order valence-corrected chi connectivity index (χ0v) is 23.4. The molecule has 45 heavy (non-hydrogen) atoms. The number of fused-ring (bicyclic) bond motifs is 1. The molecule has 0 saturated carbocycles. The van der Waals surface area contributed by atoms with Crippen molar-refractivity contribution in [3.05, 3.63) is 40.6 Å². The molecule has 246 valence electrons. The lowest BCUT2D eigenvalue weighted by atomic mass is 9.97. The maximum absolute atomic E-state index is 13.8. The summed E-state index contributed by atoms with van der Waals surface area (Å²) >= 11 is 0. The summed E-state index contributed by atoms with van der Waals surface area (Å²) < 4.78 is 33.4. The van der Waals surface area contributed by atoms with E-state index < -0.39 is 103 Å². The smallest absolute Gasteiger partial charge is 0.239 e. The van der Waals surface area contributed by atoms with Gasteiger partial charge in [-0.15, -0.1) is 0 Å². The van der Waals surface area contributed by atoms with Gasteiger partial charge < -0.3 is 79.2 Å². The third kappa shape index (κ3) is 5.98. The molecule has 2 fully saturated rings. The zero-order valence-electron chi connectivity index (χ0n) is 23.4. The Bertz CT molecular complexity index is 1570. The summed E-state index contributed by atoms with van der Waals surface area (Å²) in [6.07, 6.45) is -17.9. The minimum atomic E-state index is -1.96. The monoisotopic (exact) mass is 640 g/mol. The molecule has 3 heterocycles. The lowest BCUT2D eigenvalue weighted by molar-refractivity contribution is -0.358. The molecular weight excluding hydrogens is 608 g/mol. The first-order valence-corrected chi connectivity index (χ1v) is 13.5. The fraction of sp³-hybridized carbons (Fsp3) is 0.464.